The SMILES string of the molecule is Cc1cccc(OCCC(=O)Cc2cc(F)ccc2C)c1. The van der Waals surface area contributed by atoms with Gasteiger partial charge in [-0.2, -0.15) is 0 Å². The van der Waals surface area contributed by atoms with Gasteiger partial charge in [0.05, 0.1) is 6.61 Å². The van der Waals surface area contributed by atoms with Crippen molar-refractivity contribution in [2.75, 3.05) is 6.61 Å². The predicted molar refractivity (Wildman–Crippen MR) is 81.1 cm³/mol. The maximum Gasteiger partial charge on any atom is 0.140 e. The number of rotatable bonds is 6. The summed E-state index contributed by atoms with van der Waals surface area (Å²) in [5.41, 5.74) is 2.80. The molecular weight excluding hydrogens is 267 g/mol. The molecule has 3 heteroatoms. The van der Waals surface area contributed by atoms with Crippen molar-refractivity contribution in [3.63, 3.8) is 0 Å². The van der Waals surface area contributed by atoms with E-state index in [4.69, 9.17) is 4.74 Å². The number of Topliss-reactive ketones (excluding diaryl/α,β-unsaturated/α-hetero) is 1. The third-order valence-electron chi connectivity index (χ3n) is 3.34. The van der Waals surface area contributed by atoms with Crippen LogP contribution in [-0.4, -0.2) is 12.4 Å². The van der Waals surface area contributed by atoms with Crippen LogP contribution in [0, 0.1) is 19.7 Å². The second-order valence-corrected chi connectivity index (χ2v) is 5.20. The van der Waals surface area contributed by atoms with E-state index in [2.05, 4.69) is 0 Å². The van der Waals surface area contributed by atoms with E-state index in [1.54, 1.807) is 6.07 Å². The topological polar surface area (TPSA) is 26.3 Å². The van der Waals surface area contributed by atoms with Crippen molar-refractivity contribution in [3.8, 4) is 5.75 Å². The van der Waals surface area contributed by atoms with Crippen LogP contribution in [0.2, 0.25) is 0 Å². The molecule has 0 aromatic heterocycles. The molecule has 2 nitrogen and oxygen atoms in total. The molecule has 0 atom stereocenters. The van der Waals surface area contributed by atoms with E-state index in [1.165, 1.54) is 12.1 Å². The fraction of sp³-hybridized carbons (Fsp3) is 0.278. The Morgan fingerprint density at radius 1 is 1.14 bits per heavy atom. The van der Waals surface area contributed by atoms with Crippen LogP contribution >= 0.6 is 0 Å². The number of ether oxygens (including phenoxy) is 1. The summed E-state index contributed by atoms with van der Waals surface area (Å²) in [7, 11) is 0. The molecule has 21 heavy (non-hydrogen) atoms. The van der Waals surface area contributed by atoms with Crippen molar-refractivity contribution in [2.45, 2.75) is 26.7 Å². The van der Waals surface area contributed by atoms with Crippen molar-refractivity contribution in [1.82, 2.24) is 0 Å². The van der Waals surface area contributed by atoms with E-state index in [0.717, 1.165) is 22.4 Å². The average Bonchev–Trinajstić information content (AvgIpc) is 2.43. The van der Waals surface area contributed by atoms with Crippen LogP contribution in [0.5, 0.6) is 5.75 Å². The minimum atomic E-state index is -0.306. The standard InChI is InChI=1S/C18H19FO2/c1-13-4-3-5-18(10-13)21-9-8-17(20)12-15-11-16(19)7-6-14(15)2/h3-7,10-11H,8-9,12H2,1-2H3. The number of halogens is 1. The summed E-state index contributed by atoms with van der Waals surface area (Å²) in [6.07, 6.45) is 0.574. The monoisotopic (exact) mass is 286 g/mol. The molecule has 0 aliphatic carbocycles. The minimum Gasteiger partial charge on any atom is -0.493 e. The third-order valence-corrected chi connectivity index (χ3v) is 3.34. The Hall–Kier alpha value is -2.16. The first-order chi connectivity index (χ1) is 10.0. The summed E-state index contributed by atoms with van der Waals surface area (Å²) in [4.78, 5) is 11.9. The highest BCUT2D eigenvalue weighted by molar-refractivity contribution is 5.81. The number of carbonyl (C=O) groups is 1. The molecule has 0 fully saturated rings. The van der Waals surface area contributed by atoms with Crippen molar-refractivity contribution < 1.29 is 13.9 Å². The Bertz CT molecular complexity index is 635. The Morgan fingerprint density at radius 3 is 2.71 bits per heavy atom. The molecule has 0 heterocycles. The third kappa shape index (κ3) is 4.71. The van der Waals surface area contributed by atoms with E-state index in [9.17, 15) is 9.18 Å². The molecule has 2 rings (SSSR count). The second-order valence-electron chi connectivity index (χ2n) is 5.20. The maximum absolute atomic E-state index is 13.2. The highest BCUT2D eigenvalue weighted by Gasteiger charge is 2.08. The molecular formula is C18H19FO2. The van der Waals surface area contributed by atoms with Crippen LogP contribution in [0.4, 0.5) is 4.39 Å². The van der Waals surface area contributed by atoms with Crippen molar-refractivity contribution >= 4 is 5.78 Å². The van der Waals surface area contributed by atoms with Gasteiger partial charge in [-0.1, -0.05) is 18.2 Å². The molecule has 0 saturated carbocycles. The molecule has 0 bridgehead atoms. The molecule has 0 aliphatic rings. The quantitative estimate of drug-likeness (QED) is 0.801. The number of aryl methyl sites for hydroxylation is 2. The Kier molecular flexibility index (Phi) is 5.09. The summed E-state index contributed by atoms with van der Waals surface area (Å²) in [6.45, 7) is 4.21. The number of hydrogen-bond donors (Lipinski definition) is 0. The van der Waals surface area contributed by atoms with Gasteiger partial charge in [-0.05, 0) is 54.8 Å². The van der Waals surface area contributed by atoms with E-state index in [-0.39, 0.29) is 18.0 Å². The maximum atomic E-state index is 13.2. The Morgan fingerprint density at radius 2 is 1.95 bits per heavy atom. The van der Waals surface area contributed by atoms with Crippen molar-refractivity contribution in [1.29, 1.82) is 0 Å². The molecule has 0 unspecified atom stereocenters. The molecule has 110 valence electrons. The van der Waals surface area contributed by atoms with Gasteiger partial charge in [0.15, 0.2) is 0 Å². The van der Waals surface area contributed by atoms with Gasteiger partial charge in [-0.15, -0.1) is 0 Å². The summed E-state index contributed by atoms with van der Waals surface area (Å²) in [6, 6.07) is 12.2. The first kappa shape index (κ1) is 15.2. The summed E-state index contributed by atoms with van der Waals surface area (Å²) in [5, 5.41) is 0. The number of hydrogen-bond acceptors (Lipinski definition) is 2. The van der Waals surface area contributed by atoms with Gasteiger partial charge in [0, 0.05) is 12.8 Å². The lowest BCUT2D eigenvalue weighted by atomic mass is 10.0. The molecule has 0 spiro atoms. The molecule has 0 radical (unpaired) electrons. The highest BCUT2D eigenvalue weighted by atomic mass is 19.1. The van der Waals surface area contributed by atoms with Crippen LogP contribution in [-0.2, 0) is 11.2 Å². The summed E-state index contributed by atoms with van der Waals surface area (Å²) in [5.74, 6) is 0.514. The molecule has 2 aromatic rings. The zero-order valence-corrected chi connectivity index (χ0v) is 12.4. The zero-order chi connectivity index (χ0) is 15.2. The highest BCUT2D eigenvalue weighted by Crippen LogP contribution is 2.14. The fourth-order valence-electron chi connectivity index (χ4n) is 2.12. The van der Waals surface area contributed by atoms with Gasteiger partial charge < -0.3 is 4.74 Å². The normalized spacial score (nSPS) is 10.4. The van der Waals surface area contributed by atoms with Gasteiger partial charge in [0.25, 0.3) is 0 Å². The van der Waals surface area contributed by atoms with Gasteiger partial charge in [0.2, 0.25) is 0 Å². The lowest BCUT2D eigenvalue weighted by Gasteiger charge is -2.08. The number of carbonyl (C=O) groups excluding carboxylic acids is 1. The van der Waals surface area contributed by atoms with Crippen LogP contribution in [0.1, 0.15) is 23.1 Å². The minimum absolute atomic E-state index is 0.0522. The molecule has 0 N–H and O–H groups in total. The molecule has 0 aliphatic heterocycles. The van der Waals surface area contributed by atoms with Crippen molar-refractivity contribution in [3.05, 3.63) is 65.0 Å². The zero-order valence-electron chi connectivity index (χ0n) is 12.4. The summed E-state index contributed by atoms with van der Waals surface area (Å²) < 4.78 is 18.7. The van der Waals surface area contributed by atoms with Gasteiger partial charge in [-0.3, -0.25) is 4.79 Å². The van der Waals surface area contributed by atoms with Gasteiger partial charge >= 0.3 is 0 Å². The lowest BCUT2D eigenvalue weighted by Crippen LogP contribution is -2.10. The van der Waals surface area contributed by atoms with Gasteiger partial charge in [-0.25, -0.2) is 4.39 Å². The summed E-state index contributed by atoms with van der Waals surface area (Å²) >= 11 is 0. The van der Waals surface area contributed by atoms with E-state index in [1.807, 2.05) is 38.1 Å². The Balaban J connectivity index is 1.84. The lowest BCUT2D eigenvalue weighted by molar-refractivity contribution is -0.118. The van der Waals surface area contributed by atoms with Crippen LogP contribution in [0.15, 0.2) is 42.5 Å². The second kappa shape index (κ2) is 7.02. The van der Waals surface area contributed by atoms with E-state index < -0.39 is 0 Å². The molecule has 2 aromatic carbocycles. The number of ketones is 1. The smallest absolute Gasteiger partial charge is 0.140 e. The largest absolute Gasteiger partial charge is 0.493 e. The first-order valence-corrected chi connectivity index (χ1v) is 7.01. The fourth-order valence-corrected chi connectivity index (χ4v) is 2.12. The predicted octanol–water partition coefficient (Wildman–Crippen LogP) is 4.02. The first-order valence-electron chi connectivity index (χ1n) is 7.01. The van der Waals surface area contributed by atoms with Crippen LogP contribution < -0.4 is 4.74 Å². The van der Waals surface area contributed by atoms with Crippen LogP contribution in [0.25, 0.3) is 0 Å². The van der Waals surface area contributed by atoms with Gasteiger partial charge in [0.1, 0.15) is 17.3 Å². The Labute approximate surface area is 124 Å². The van der Waals surface area contributed by atoms with Crippen LogP contribution in [0.3, 0.4) is 0 Å². The average molecular weight is 286 g/mol. The molecule has 0 amide bonds. The van der Waals surface area contributed by atoms with E-state index in [0.29, 0.717) is 13.0 Å². The number of benzene rings is 2. The van der Waals surface area contributed by atoms with E-state index >= 15 is 0 Å². The molecule has 0 saturated heterocycles. The van der Waals surface area contributed by atoms with Crippen molar-refractivity contribution in [2.24, 2.45) is 0 Å².